The van der Waals surface area contributed by atoms with Crippen LogP contribution in [-0.2, 0) is 11.3 Å². The molecule has 0 aliphatic carbocycles. The maximum absolute atomic E-state index is 12.6. The summed E-state index contributed by atoms with van der Waals surface area (Å²) in [5.74, 6) is 7.15. The second-order valence-corrected chi connectivity index (χ2v) is 8.47. The molecule has 1 fully saturated rings. The third-order valence-electron chi connectivity index (χ3n) is 4.70. The summed E-state index contributed by atoms with van der Waals surface area (Å²) in [6.45, 7) is 4.21. The number of carbonyl (C=O) groups is 1. The largest absolute Gasteiger partial charge is 0.339 e. The Morgan fingerprint density at radius 2 is 1.86 bits per heavy atom. The van der Waals surface area contributed by atoms with Crippen molar-refractivity contribution in [1.82, 2.24) is 24.7 Å². The minimum atomic E-state index is 0.116. The highest BCUT2D eigenvalue weighted by atomic mass is 32.2. The molecule has 3 heterocycles. The standard InChI is InChI=1S/C19H22N6OS2/c20-25-18(16-7-4-12-27-16)21-22-19(25)28-14-17(26)24-10-8-23(9-11-24)13-15-5-2-1-3-6-15/h1-7,12H,8-11,13-14,20H2. The fraction of sp³-hybridized carbons (Fsp3) is 0.316. The summed E-state index contributed by atoms with van der Waals surface area (Å²) in [5.41, 5.74) is 1.31. The predicted molar refractivity (Wildman–Crippen MR) is 113 cm³/mol. The van der Waals surface area contributed by atoms with E-state index in [1.54, 1.807) is 11.3 Å². The second-order valence-electron chi connectivity index (χ2n) is 6.58. The quantitative estimate of drug-likeness (QED) is 0.492. The van der Waals surface area contributed by atoms with Crippen molar-refractivity contribution in [3.05, 3.63) is 53.4 Å². The molecule has 3 aromatic rings. The highest BCUT2D eigenvalue weighted by Crippen LogP contribution is 2.25. The molecule has 0 spiro atoms. The average molecular weight is 415 g/mol. The van der Waals surface area contributed by atoms with Crippen LogP contribution in [0.5, 0.6) is 0 Å². The van der Waals surface area contributed by atoms with Gasteiger partial charge in [0.05, 0.1) is 10.6 Å². The number of carbonyl (C=O) groups excluding carboxylic acids is 1. The zero-order chi connectivity index (χ0) is 19.3. The number of aromatic nitrogens is 3. The molecular formula is C19H22N6OS2. The minimum Gasteiger partial charge on any atom is -0.339 e. The first-order valence-corrected chi connectivity index (χ1v) is 11.0. The zero-order valence-corrected chi connectivity index (χ0v) is 17.0. The summed E-state index contributed by atoms with van der Waals surface area (Å²) in [7, 11) is 0. The average Bonchev–Trinajstić information content (AvgIpc) is 3.37. The number of piperazine rings is 1. The van der Waals surface area contributed by atoms with Crippen LogP contribution in [0.25, 0.3) is 10.7 Å². The maximum Gasteiger partial charge on any atom is 0.233 e. The van der Waals surface area contributed by atoms with Crippen LogP contribution in [0.15, 0.2) is 53.0 Å². The van der Waals surface area contributed by atoms with Crippen LogP contribution in [0.2, 0.25) is 0 Å². The smallest absolute Gasteiger partial charge is 0.233 e. The first kappa shape index (κ1) is 19.0. The van der Waals surface area contributed by atoms with Crippen LogP contribution in [0, 0.1) is 0 Å². The van der Waals surface area contributed by atoms with Gasteiger partial charge in [-0.2, -0.15) is 0 Å². The molecule has 1 aliphatic heterocycles. The summed E-state index contributed by atoms with van der Waals surface area (Å²) in [5, 5.41) is 10.8. The molecule has 0 atom stereocenters. The summed E-state index contributed by atoms with van der Waals surface area (Å²) < 4.78 is 1.46. The number of nitrogen functional groups attached to an aromatic ring is 1. The van der Waals surface area contributed by atoms with Crippen molar-refractivity contribution in [2.24, 2.45) is 0 Å². The van der Waals surface area contributed by atoms with Crippen LogP contribution in [0.3, 0.4) is 0 Å². The van der Waals surface area contributed by atoms with E-state index in [0.29, 0.717) is 16.7 Å². The van der Waals surface area contributed by atoms with E-state index >= 15 is 0 Å². The van der Waals surface area contributed by atoms with E-state index in [4.69, 9.17) is 5.84 Å². The van der Waals surface area contributed by atoms with Gasteiger partial charge in [-0.05, 0) is 17.0 Å². The first-order valence-electron chi connectivity index (χ1n) is 9.12. The molecule has 28 heavy (non-hydrogen) atoms. The molecule has 7 nitrogen and oxygen atoms in total. The summed E-state index contributed by atoms with van der Waals surface area (Å²) in [6, 6.07) is 14.3. The number of nitrogens with zero attached hydrogens (tertiary/aromatic N) is 5. The molecule has 0 saturated carbocycles. The molecule has 2 N–H and O–H groups in total. The Morgan fingerprint density at radius 3 is 2.57 bits per heavy atom. The molecule has 0 bridgehead atoms. The van der Waals surface area contributed by atoms with E-state index in [9.17, 15) is 4.79 Å². The molecule has 0 radical (unpaired) electrons. The summed E-state index contributed by atoms with van der Waals surface area (Å²) in [6.07, 6.45) is 0. The van der Waals surface area contributed by atoms with E-state index < -0.39 is 0 Å². The fourth-order valence-corrected chi connectivity index (χ4v) is 4.63. The Balaban J connectivity index is 1.26. The highest BCUT2D eigenvalue weighted by Gasteiger charge is 2.22. The lowest BCUT2D eigenvalue weighted by Crippen LogP contribution is -2.48. The molecular weight excluding hydrogens is 392 g/mol. The van der Waals surface area contributed by atoms with Gasteiger partial charge in [-0.25, -0.2) is 4.68 Å². The summed E-state index contributed by atoms with van der Waals surface area (Å²) >= 11 is 2.89. The molecule has 2 aromatic heterocycles. The van der Waals surface area contributed by atoms with E-state index in [-0.39, 0.29) is 5.91 Å². The van der Waals surface area contributed by atoms with Crippen molar-refractivity contribution < 1.29 is 4.79 Å². The number of thioether (sulfide) groups is 1. The van der Waals surface area contributed by atoms with E-state index in [1.807, 2.05) is 28.5 Å². The zero-order valence-electron chi connectivity index (χ0n) is 15.4. The SMILES string of the molecule is Nn1c(SCC(=O)N2CCN(Cc3ccccc3)CC2)nnc1-c1cccs1. The lowest BCUT2D eigenvalue weighted by molar-refractivity contribution is -0.130. The molecule has 1 aromatic carbocycles. The number of benzene rings is 1. The van der Waals surface area contributed by atoms with Gasteiger partial charge in [0, 0.05) is 32.7 Å². The van der Waals surface area contributed by atoms with E-state index in [0.717, 1.165) is 37.6 Å². The number of thiophene rings is 1. The Labute approximate surface area is 172 Å². The molecule has 1 saturated heterocycles. The second kappa shape index (κ2) is 8.76. The monoisotopic (exact) mass is 414 g/mol. The van der Waals surface area contributed by atoms with Gasteiger partial charge in [0.15, 0.2) is 5.82 Å². The maximum atomic E-state index is 12.6. The van der Waals surface area contributed by atoms with Crippen molar-refractivity contribution in [2.75, 3.05) is 37.8 Å². The Hall–Kier alpha value is -2.36. The summed E-state index contributed by atoms with van der Waals surface area (Å²) in [4.78, 5) is 17.8. The van der Waals surface area contributed by atoms with E-state index in [1.165, 1.54) is 22.0 Å². The van der Waals surface area contributed by atoms with Crippen LogP contribution in [0.1, 0.15) is 5.56 Å². The van der Waals surface area contributed by atoms with Crippen molar-refractivity contribution >= 4 is 29.0 Å². The van der Waals surface area contributed by atoms with E-state index in [2.05, 4.69) is 39.4 Å². The normalized spacial score (nSPS) is 15.1. The van der Waals surface area contributed by atoms with Gasteiger partial charge in [-0.1, -0.05) is 48.2 Å². The number of rotatable bonds is 6. The third-order valence-corrected chi connectivity index (χ3v) is 6.50. The fourth-order valence-electron chi connectivity index (χ4n) is 3.16. The van der Waals surface area contributed by atoms with Gasteiger partial charge in [0.1, 0.15) is 0 Å². The van der Waals surface area contributed by atoms with Gasteiger partial charge in [0.2, 0.25) is 11.1 Å². The molecule has 1 amide bonds. The van der Waals surface area contributed by atoms with Crippen molar-refractivity contribution in [1.29, 1.82) is 0 Å². The lowest BCUT2D eigenvalue weighted by atomic mass is 10.2. The highest BCUT2D eigenvalue weighted by molar-refractivity contribution is 7.99. The number of nitrogens with two attached hydrogens (primary N) is 1. The predicted octanol–water partition coefficient (Wildman–Crippen LogP) is 2.16. The molecule has 9 heteroatoms. The lowest BCUT2D eigenvalue weighted by Gasteiger charge is -2.34. The van der Waals surface area contributed by atoms with Crippen molar-refractivity contribution in [3.8, 4) is 10.7 Å². The van der Waals surface area contributed by atoms with Crippen LogP contribution >= 0.6 is 23.1 Å². The minimum absolute atomic E-state index is 0.116. The number of hydrogen-bond acceptors (Lipinski definition) is 7. The van der Waals surface area contributed by atoms with Gasteiger partial charge in [-0.15, -0.1) is 21.5 Å². The topological polar surface area (TPSA) is 80.3 Å². The molecule has 0 unspecified atom stereocenters. The third kappa shape index (κ3) is 4.37. The van der Waals surface area contributed by atoms with Crippen molar-refractivity contribution in [3.63, 3.8) is 0 Å². The van der Waals surface area contributed by atoms with Crippen LogP contribution < -0.4 is 5.84 Å². The van der Waals surface area contributed by atoms with Gasteiger partial charge >= 0.3 is 0 Å². The van der Waals surface area contributed by atoms with Crippen molar-refractivity contribution in [2.45, 2.75) is 11.7 Å². The van der Waals surface area contributed by atoms with Crippen LogP contribution in [0.4, 0.5) is 0 Å². The molecule has 146 valence electrons. The van der Waals surface area contributed by atoms with Gasteiger partial charge in [0.25, 0.3) is 0 Å². The number of hydrogen-bond donors (Lipinski definition) is 1. The van der Waals surface area contributed by atoms with Gasteiger partial charge < -0.3 is 10.7 Å². The van der Waals surface area contributed by atoms with Gasteiger partial charge in [-0.3, -0.25) is 9.69 Å². The molecule has 4 rings (SSSR count). The first-order chi connectivity index (χ1) is 13.7. The number of amides is 1. The Bertz CT molecular complexity index is 904. The Kier molecular flexibility index (Phi) is 5.94. The molecule has 1 aliphatic rings. The Morgan fingerprint density at radius 1 is 1.07 bits per heavy atom. The van der Waals surface area contributed by atoms with Crippen LogP contribution in [-0.4, -0.2) is 62.5 Å².